The number of carbonyl (C=O) groups excluding carboxylic acids is 2. The van der Waals surface area contributed by atoms with E-state index < -0.39 is 23.7 Å². The van der Waals surface area contributed by atoms with Crippen molar-refractivity contribution < 1.29 is 23.8 Å². The van der Waals surface area contributed by atoms with E-state index in [1.807, 2.05) is 12.1 Å². The largest absolute Gasteiger partial charge is 0.491 e. The monoisotopic (exact) mass is 373 g/mol. The summed E-state index contributed by atoms with van der Waals surface area (Å²) >= 11 is 3.32. The topological polar surface area (TPSA) is 73.9 Å². The van der Waals surface area contributed by atoms with E-state index in [9.17, 15) is 9.59 Å². The van der Waals surface area contributed by atoms with Crippen LogP contribution in [-0.2, 0) is 14.3 Å². The van der Waals surface area contributed by atoms with Crippen LogP contribution in [0.15, 0.2) is 28.7 Å². The fourth-order valence-corrected chi connectivity index (χ4v) is 1.74. The highest BCUT2D eigenvalue weighted by Crippen LogP contribution is 2.16. The van der Waals surface area contributed by atoms with E-state index in [0.717, 1.165) is 4.47 Å². The molecule has 0 aliphatic heterocycles. The summed E-state index contributed by atoms with van der Waals surface area (Å²) in [7, 11) is 1.24. The van der Waals surface area contributed by atoms with Crippen molar-refractivity contribution in [2.45, 2.75) is 32.4 Å². The number of amides is 1. The third-order valence-corrected chi connectivity index (χ3v) is 2.94. The van der Waals surface area contributed by atoms with E-state index in [4.69, 9.17) is 9.47 Å². The Kier molecular flexibility index (Phi) is 6.67. The molecule has 1 atom stereocenters. The highest BCUT2D eigenvalue weighted by molar-refractivity contribution is 9.10. The standard InChI is InChI=1S/C15H20BrNO5/c1-15(2,3)22-14(19)17-12(13(18)20-4)9-21-11-7-5-10(16)6-8-11/h5-8,12H,9H2,1-4H3,(H,17,19)/t12-/m0/s1. The van der Waals surface area contributed by atoms with Crippen molar-refractivity contribution in [3.05, 3.63) is 28.7 Å². The Bertz CT molecular complexity index is 510. The fraction of sp³-hybridized carbons (Fsp3) is 0.467. The number of esters is 1. The lowest BCUT2D eigenvalue weighted by molar-refractivity contribution is -0.143. The van der Waals surface area contributed by atoms with Gasteiger partial charge in [0.15, 0.2) is 6.04 Å². The van der Waals surface area contributed by atoms with Gasteiger partial charge in [-0.05, 0) is 45.0 Å². The first-order chi connectivity index (χ1) is 10.2. The highest BCUT2D eigenvalue weighted by atomic mass is 79.9. The second kappa shape index (κ2) is 8.03. The van der Waals surface area contributed by atoms with Crippen LogP contribution < -0.4 is 10.1 Å². The summed E-state index contributed by atoms with van der Waals surface area (Å²) in [5.41, 5.74) is -0.655. The van der Waals surface area contributed by atoms with Gasteiger partial charge in [0, 0.05) is 4.47 Å². The molecule has 0 aliphatic rings. The first-order valence-electron chi connectivity index (χ1n) is 6.67. The second-order valence-electron chi connectivity index (χ2n) is 5.49. The van der Waals surface area contributed by atoms with Gasteiger partial charge in [0.2, 0.25) is 0 Å². The van der Waals surface area contributed by atoms with E-state index in [2.05, 4.69) is 26.0 Å². The number of ether oxygens (including phenoxy) is 3. The maximum absolute atomic E-state index is 11.7. The summed E-state index contributed by atoms with van der Waals surface area (Å²) in [6.45, 7) is 5.14. The molecular formula is C15H20BrNO5. The molecule has 6 nitrogen and oxygen atoms in total. The van der Waals surface area contributed by atoms with Crippen molar-refractivity contribution in [3.63, 3.8) is 0 Å². The van der Waals surface area contributed by atoms with E-state index in [-0.39, 0.29) is 6.61 Å². The summed E-state index contributed by atoms with van der Waals surface area (Å²) in [5.74, 6) is -0.0361. The van der Waals surface area contributed by atoms with Crippen LogP contribution >= 0.6 is 15.9 Å². The molecule has 0 aliphatic carbocycles. The predicted molar refractivity (Wildman–Crippen MR) is 84.8 cm³/mol. The first-order valence-corrected chi connectivity index (χ1v) is 7.46. The lowest BCUT2D eigenvalue weighted by Gasteiger charge is -2.22. The number of halogens is 1. The summed E-state index contributed by atoms with van der Waals surface area (Å²) < 4.78 is 16.2. The molecule has 1 amide bonds. The summed E-state index contributed by atoms with van der Waals surface area (Å²) in [4.78, 5) is 23.5. The summed E-state index contributed by atoms with van der Waals surface area (Å²) in [6.07, 6.45) is -0.706. The van der Waals surface area contributed by atoms with Crippen molar-refractivity contribution in [1.29, 1.82) is 0 Å². The Labute approximate surface area is 138 Å². The Morgan fingerprint density at radius 2 is 1.82 bits per heavy atom. The van der Waals surface area contributed by atoms with Gasteiger partial charge in [0.25, 0.3) is 0 Å². The van der Waals surface area contributed by atoms with Gasteiger partial charge in [-0.1, -0.05) is 15.9 Å². The van der Waals surface area contributed by atoms with Crippen molar-refractivity contribution >= 4 is 28.0 Å². The molecule has 22 heavy (non-hydrogen) atoms. The van der Waals surface area contributed by atoms with E-state index in [1.165, 1.54) is 7.11 Å². The van der Waals surface area contributed by atoms with Crippen LogP contribution in [0.25, 0.3) is 0 Å². The number of nitrogens with one attached hydrogen (secondary N) is 1. The van der Waals surface area contributed by atoms with Gasteiger partial charge in [-0.3, -0.25) is 0 Å². The Morgan fingerprint density at radius 1 is 1.23 bits per heavy atom. The number of rotatable bonds is 5. The number of alkyl carbamates (subject to hydrolysis) is 1. The molecule has 1 aromatic carbocycles. The first kappa shape index (κ1) is 18.3. The van der Waals surface area contributed by atoms with Crippen LogP contribution in [0.5, 0.6) is 5.75 Å². The smallest absolute Gasteiger partial charge is 0.408 e. The Hall–Kier alpha value is -1.76. The van der Waals surface area contributed by atoms with Crippen LogP contribution in [-0.4, -0.2) is 37.4 Å². The SMILES string of the molecule is COC(=O)[C@H](COc1ccc(Br)cc1)NC(=O)OC(C)(C)C. The molecule has 0 radical (unpaired) electrons. The van der Waals surface area contributed by atoms with Gasteiger partial charge in [0.05, 0.1) is 7.11 Å². The molecule has 1 aromatic rings. The quantitative estimate of drug-likeness (QED) is 0.803. The summed E-state index contributed by atoms with van der Waals surface area (Å²) in [6, 6.07) is 6.15. The number of hydrogen-bond acceptors (Lipinski definition) is 5. The molecule has 1 rings (SSSR count). The number of carbonyl (C=O) groups is 2. The van der Waals surface area contributed by atoms with Gasteiger partial charge < -0.3 is 19.5 Å². The Morgan fingerprint density at radius 3 is 2.32 bits per heavy atom. The summed E-state index contributed by atoms with van der Waals surface area (Å²) in [5, 5.41) is 2.44. The molecule has 0 aromatic heterocycles. The fourth-order valence-electron chi connectivity index (χ4n) is 1.47. The molecule has 0 spiro atoms. The third-order valence-electron chi connectivity index (χ3n) is 2.41. The molecule has 0 fully saturated rings. The zero-order chi connectivity index (χ0) is 16.8. The van der Waals surface area contributed by atoms with Crippen LogP contribution in [0.4, 0.5) is 4.79 Å². The zero-order valence-electron chi connectivity index (χ0n) is 13.0. The molecule has 0 saturated heterocycles. The van der Waals surface area contributed by atoms with Crippen LogP contribution in [0, 0.1) is 0 Å². The highest BCUT2D eigenvalue weighted by Gasteiger charge is 2.25. The Balaban J connectivity index is 2.63. The van der Waals surface area contributed by atoms with E-state index in [0.29, 0.717) is 5.75 Å². The van der Waals surface area contributed by atoms with Crippen molar-refractivity contribution in [1.82, 2.24) is 5.32 Å². The zero-order valence-corrected chi connectivity index (χ0v) is 14.6. The molecule has 0 bridgehead atoms. The maximum atomic E-state index is 11.7. The maximum Gasteiger partial charge on any atom is 0.408 e. The van der Waals surface area contributed by atoms with E-state index in [1.54, 1.807) is 32.9 Å². The van der Waals surface area contributed by atoms with Crippen molar-refractivity contribution in [3.8, 4) is 5.75 Å². The molecular weight excluding hydrogens is 354 g/mol. The second-order valence-corrected chi connectivity index (χ2v) is 6.40. The average molecular weight is 374 g/mol. The number of benzene rings is 1. The molecule has 0 saturated carbocycles. The minimum atomic E-state index is -0.955. The lowest BCUT2D eigenvalue weighted by Crippen LogP contribution is -2.47. The third kappa shape index (κ3) is 6.80. The van der Waals surface area contributed by atoms with Gasteiger partial charge in [0.1, 0.15) is 18.0 Å². The van der Waals surface area contributed by atoms with Crippen LogP contribution in [0.1, 0.15) is 20.8 Å². The van der Waals surface area contributed by atoms with Gasteiger partial charge in [-0.2, -0.15) is 0 Å². The molecule has 122 valence electrons. The predicted octanol–water partition coefficient (Wildman–Crippen LogP) is 2.89. The normalized spacial score (nSPS) is 12.2. The van der Waals surface area contributed by atoms with Crippen molar-refractivity contribution in [2.75, 3.05) is 13.7 Å². The minimum Gasteiger partial charge on any atom is -0.491 e. The van der Waals surface area contributed by atoms with E-state index >= 15 is 0 Å². The molecule has 7 heteroatoms. The molecule has 0 heterocycles. The van der Waals surface area contributed by atoms with Crippen LogP contribution in [0.3, 0.4) is 0 Å². The number of hydrogen-bond donors (Lipinski definition) is 1. The number of methoxy groups -OCH3 is 1. The lowest BCUT2D eigenvalue weighted by atomic mass is 10.2. The van der Waals surface area contributed by atoms with Gasteiger partial charge >= 0.3 is 12.1 Å². The van der Waals surface area contributed by atoms with Gasteiger partial charge in [-0.25, -0.2) is 9.59 Å². The molecule has 1 N–H and O–H groups in total. The molecule has 0 unspecified atom stereocenters. The average Bonchev–Trinajstić information content (AvgIpc) is 2.42. The minimum absolute atomic E-state index is 0.0620. The van der Waals surface area contributed by atoms with Gasteiger partial charge in [-0.15, -0.1) is 0 Å². The van der Waals surface area contributed by atoms with Crippen LogP contribution in [0.2, 0.25) is 0 Å². The van der Waals surface area contributed by atoms with Crippen molar-refractivity contribution in [2.24, 2.45) is 0 Å².